The lowest BCUT2D eigenvalue weighted by molar-refractivity contribution is -0.127. The summed E-state index contributed by atoms with van der Waals surface area (Å²) in [5, 5.41) is 4.70. The minimum Gasteiger partial charge on any atom is -0.365 e. The summed E-state index contributed by atoms with van der Waals surface area (Å²) >= 11 is 0. The molecule has 1 amide bonds. The average Bonchev–Trinajstić information content (AvgIpc) is 3.32. The number of fused-ring (bicyclic) bond motifs is 1. The van der Waals surface area contributed by atoms with E-state index in [9.17, 15) is 4.79 Å². The molecule has 6 heteroatoms. The number of carbonyl (C=O) groups excluding carboxylic acids is 1. The molecule has 2 fully saturated rings. The molecule has 1 aliphatic carbocycles. The Morgan fingerprint density at radius 3 is 2.96 bits per heavy atom. The number of piperidine rings is 1. The van der Waals surface area contributed by atoms with E-state index < -0.39 is 0 Å². The molecule has 1 aliphatic heterocycles. The van der Waals surface area contributed by atoms with Crippen LogP contribution in [0.15, 0.2) is 25.2 Å². The molecule has 0 unspecified atom stereocenters. The van der Waals surface area contributed by atoms with Gasteiger partial charge < -0.3 is 15.2 Å². The van der Waals surface area contributed by atoms with Gasteiger partial charge in [-0.15, -0.1) is 0 Å². The van der Waals surface area contributed by atoms with Crippen LogP contribution < -0.4 is 5.32 Å². The second-order valence-electron chi connectivity index (χ2n) is 7.59. The highest BCUT2D eigenvalue weighted by atomic mass is 16.2. The normalized spacial score (nSPS) is 21.2. The van der Waals surface area contributed by atoms with E-state index in [1.165, 1.54) is 37.3 Å². The third-order valence-electron chi connectivity index (χ3n) is 5.78. The molecule has 2 aromatic heterocycles. The number of aromatic amines is 1. The smallest absolute Gasteiger partial charge is 0.246 e. The van der Waals surface area contributed by atoms with Crippen molar-refractivity contribution in [1.82, 2.24) is 19.9 Å². The van der Waals surface area contributed by atoms with E-state index in [2.05, 4.69) is 33.0 Å². The third kappa shape index (κ3) is 3.45. The van der Waals surface area contributed by atoms with Crippen LogP contribution in [-0.4, -0.2) is 44.9 Å². The van der Waals surface area contributed by atoms with Crippen molar-refractivity contribution in [2.75, 3.05) is 18.4 Å². The maximum absolute atomic E-state index is 11.9. The van der Waals surface area contributed by atoms with Crippen LogP contribution in [0.2, 0.25) is 0 Å². The lowest BCUT2D eigenvalue weighted by Gasteiger charge is -2.33. The fourth-order valence-corrected chi connectivity index (χ4v) is 4.44. The average molecular weight is 353 g/mol. The predicted octanol–water partition coefficient (Wildman–Crippen LogP) is 3.28. The number of nitrogens with zero attached hydrogens (tertiary/aromatic N) is 3. The zero-order valence-electron chi connectivity index (χ0n) is 15.2. The van der Waals surface area contributed by atoms with Gasteiger partial charge in [0.05, 0.1) is 5.39 Å². The molecule has 0 aromatic carbocycles. The van der Waals surface area contributed by atoms with Crippen molar-refractivity contribution in [3.05, 3.63) is 30.7 Å². The summed E-state index contributed by atoms with van der Waals surface area (Å²) in [5.74, 6) is 1.67. The molecule has 138 valence electrons. The van der Waals surface area contributed by atoms with Crippen LogP contribution in [0.4, 0.5) is 5.82 Å². The number of hydrogen-bond acceptors (Lipinski definition) is 4. The summed E-state index contributed by atoms with van der Waals surface area (Å²) in [4.78, 5) is 26.0. The fourth-order valence-electron chi connectivity index (χ4n) is 4.44. The Morgan fingerprint density at radius 2 is 2.15 bits per heavy atom. The molecular formula is C20H27N5O. The van der Waals surface area contributed by atoms with Crippen LogP contribution in [0, 0.1) is 5.92 Å². The van der Waals surface area contributed by atoms with Gasteiger partial charge in [-0.3, -0.25) is 4.79 Å². The molecule has 2 aromatic rings. The molecule has 1 saturated heterocycles. The van der Waals surface area contributed by atoms with Crippen molar-refractivity contribution < 1.29 is 4.79 Å². The zero-order chi connectivity index (χ0) is 17.9. The number of nitrogens with one attached hydrogen (secondary N) is 2. The van der Waals surface area contributed by atoms with Crippen molar-refractivity contribution in [3.8, 4) is 0 Å². The van der Waals surface area contributed by atoms with Crippen molar-refractivity contribution in [2.45, 2.75) is 51.0 Å². The topological polar surface area (TPSA) is 73.9 Å². The summed E-state index contributed by atoms with van der Waals surface area (Å²) < 4.78 is 0. The molecule has 0 bridgehead atoms. The van der Waals surface area contributed by atoms with Gasteiger partial charge in [0.1, 0.15) is 17.8 Å². The number of anilines is 1. The van der Waals surface area contributed by atoms with Gasteiger partial charge >= 0.3 is 0 Å². The molecule has 6 nitrogen and oxygen atoms in total. The molecule has 3 heterocycles. The first-order valence-corrected chi connectivity index (χ1v) is 9.73. The summed E-state index contributed by atoms with van der Waals surface area (Å²) in [6.45, 7) is 5.10. The number of hydrogen-bond donors (Lipinski definition) is 2. The van der Waals surface area contributed by atoms with Crippen molar-refractivity contribution in [2.24, 2.45) is 5.92 Å². The van der Waals surface area contributed by atoms with Crippen LogP contribution >= 0.6 is 0 Å². The minimum absolute atomic E-state index is 0.00732. The van der Waals surface area contributed by atoms with E-state index in [-0.39, 0.29) is 11.9 Å². The minimum atomic E-state index is 0.00732. The first kappa shape index (κ1) is 17.1. The van der Waals surface area contributed by atoms with Gasteiger partial charge in [-0.25, -0.2) is 9.97 Å². The highest BCUT2D eigenvalue weighted by Gasteiger charge is 2.24. The van der Waals surface area contributed by atoms with Gasteiger partial charge in [0.2, 0.25) is 5.91 Å². The largest absolute Gasteiger partial charge is 0.365 e. The summed E-state index contributed by atoms with van der Waals surface area (Å²) in [6, 6.07) is 0.208. The SMILES string of the molecule is C=CC(=O)N1CCC[C@@H](Nc2ncnc3[nH]cc(CC4CCCC4)c23)C1. The van der Waals surface area contributed by atoms with Crippen molar-refractivity contribution in [3.63, 3.8) is 0 Å². The molecule has 4 rings (SSSR count). The van der Waals surface area contributed by atoms with Crippen LogP contribution in [0.25, 0.3) is 11.0 Å². The maximum atomic E-state index is 11.9. The molecule has 0 spiro atoms. The number of H-pyrrole nitrogens is 1. The van der Waals surface area contributed by atoms with E-state index in [0.29, 0.717) is 6.54 Å². The second kappa shape index (κ2) is 7.48. The quantitative estimate of drug-likeness (QED) is 0.809. The van der Waals surface area contributed by atoms with Gasteiger partial charge in [-0.05, 0) is 36.8 Å². The molecule has 1 saturated carbocycles. The fraction of sp³-hybridized carbons (Fsp3) is 0.550. The number of aromatic nitrogens is 3. The zero-order valence-corrected chi connectivity index (χ0v) is 15.2. The monoisotopic (exact) mass is 353 g/mol. The van der Waals surface area contributed by atoms with Crippen LogP contribution in [0.1, 0.15) is 44.1 Å². The molecular weight excluding hydrogens is 326 g/mol. The number of amides is 1. The van der Waals surface area contributed by atoms with Crippen molar-refractivity contribution >= 4 is 22.8 Å². The Labute approximate surface area is 154 Å². The van der Waals surface area contributed by atoms with Gasteiger partial charge in [-0.2, -0.15) is 0 Å². The molecule has 26 heavy (non-hydrogen) atoms. The van der Waals surface area contributed by atoms with Gasteiger partial charge in [-0.1, -0.05) is 32.3 Å². The molecule has 2 N–H and O–H groups in total. The Kier molecular flexibility index (Phi) is 4.91. The van der Waals surface area contributed by atoms with Crippen LogP contribution in [-0.2, 0) is 11.2 Å². The van der Waals surface area contributed by atoms with Gasteiger partial charge in [0.25, 0.3) is 0 Å². The molecule has 1 atom stereocenters. The Bertz CT molecular complexity index is 793. The number of carbonyl (C=O) groups is 1. The summed E-state index contributed by atoms with van der Waals surface area (Å²) in [5.41, 5.74) is 2.20. The third-order valence-corrected chi connectivity index (χ3v) is 5.78. The first-order valence-electron chi connectivity index (χ1n) is 9.73. The Balaban J connectivity index is 1.54. The highest BCUT2D eigenvalue weighted by Crippen LogP contribution is 2.32. The van der Waals surface area contributed by atoms with Gasteiger partial charge in [0, 0.05) is 25.3 Å². The van der Waals surface area contributed by atoms with E-state index >= 15 is 0 Å². The predicted molar refractivity (Wildman–Crippen MR) is 103 cm³/mol. The lowest BCUT2D eigenvalue weighted by Crippen LogP contribution is -2.44. The highest BCUT2D eigenvalue weighted by molar-refractivity contribution is 5.90. The van der Waals surface area contributed by atoms with E-state index in [1.807, 2.05) is 4.90 Å². The molecule has 2 aliphatic rings. The van der Waals surface area contributed by atoms with Gasteiger partial charge in [0.15, 0.2) is 0 Å². The standard InChI is InChI=1S/C20H27N5O/c1-2-17(26)25-9-5-8-16(12-25)24-20-18-15(10-14-6-3-4-7-14)11-21-19(18)22-13-23-20/h2,11,13-14,16H,1,3-10,12H2,(H2,21,22,23,24)/t16-/m1/s1. The van der Waals surface area contributed by atoms with Crippen LogP contribution in [0.3, 0.4) is 0 Å². The van der Waals surface area contributed by atoms with E-state index in [0.717, 1.165) is 48.6 Å². The summed E-state index contributed by atoms with van der Waals surface area (Å²) in [7, 11) is 0. The van der Waals surface area contributed by atoms with E-state index in [1.54, 1.807) is 6.33 Å². The van der Waals surface area contributed by atoms with Crippen molar-refractivity contribution in [1.29, 1.82) is 0 Å². The Morgan fingerprint density at radius 1 is 1.31 bits per heavy atom. The number of likely N-dealkylation sites (tertiary alicyclic amines) is 1. The maximum Gasteiger partial charge on any atom is 0.246 e. The molecule has 0 radical (unpaired) electrons. The number of rotatable bonds is 5. The first-order chi connectivity index (χ1) is 12.7. The second-order valence-corrected chi connectivity index (χ2v) is 7.59. The Hall–Kier alpha value is -2.37. The lowest BCUT2D eigenvalue weighted by atomic mass is 9.98. The summed E-state index contributed by atoms with van der Waals surface area (Å²) in [6.07, 6.45) is 13.6. The van der Waals surface area contributed by atoms with E-state index in [4.69, 9.17) is 0 Å². The van der Waals surface area contributed by atoms with Crippen LogP contribution in [0.5, 0.6) is 0 Å².